The van der Waals surface area contributed by atoms with E-state index in [1.165, 1.54) is 27.7 Å². The molecule has 0 amide bonds. The summed E-state index contributed by atoms with van der Waals surface area (Å²) in [6.07, 6.45) is 4.17. The van der Waals surface area contributed by atoms with Crippen LogP contribution in [0.1, 0.15) is 29.3 Å². The Morgan fingerprint density at radius 2 is 2.33 bits per heavy atom. The molecule has 1 atom stereocenters. The summed E-state index contributed by atoms with van der Waals surface area (Å²) in [4.78, 5) is 0. The van der Waals surface area contributed by atoms with Gasteiger partial charge in [-0.1, -0.05) is 28.1 Å². The van der Waals surface area contributed by atoms with Gasteiger partial charge < -0.3 is 5.32 Å². The van der Waals surface area contributed by atoms with Crippen molar-refractivity contribution in [2.24, 2.45) is 7.05 Å². The molecule has 0 saturated heterocycles. The molecule has 0 spiro atoms. The average molecular weight is 306 g/mol. The lowest BCUT2D eigenvalue weighted by atomic mass is 10.1. The second kappa shape index (κ2) is 4.86. The van der Waals surface area contributed by atoms with Gasteiger partial charge in [0.25, 0.3) is 0 Å². The first-order chi connectivity index (χ1) is 8.75. The van der Waals surface area contributed by atoms with Crippen molar-refractivity contribution >= 4 is 15.9 Å². The number of halogens is 1. The quantitative estimate of drug-likeness (QED) is 0.945. The van der Waals surface area contributed by atoms with Crippen LogP contribution < -0.4 is 5.32 Å². The molecule has 0 bridgehead atoms. The highest BCUT2D eigenvalue weighted by Gasteiger charge is 2.23. The van der Waals surface area contributed by atoms with E-state index in [4.69, 9.17) is 0 Å². The lowest BCUT2D eigenvalue weighted by molar-refractivity contribution is 0.512. The van der Waals surface area contributed by atoms with Gasteiger partial charge in [0.15, 0.2) is 0 Å². The minimum atomic E-state index is 0.465. The highest BCUT2D eigenvalue weighted by atomic mass is 79.9. The van der Waals surface area contributed by atoms with Crippen LogP contribution in [-0.2, 0) is 20.0 Å². The van der Waals surface area contributed by atoms with E-state index >= 15 is 0 Å². The number of hydrogen-bond acceptors (Lipinski definition) is 2. The average Bonchev–Trinajstić information content (AvgIpc) is 2.94. The van der Waals surface area contributed by atoms with Crippen molar-refractivity contribution in [2.75, 3.05) is 0 Å². The Labute approximate surface area is 115 Å². The van der Waals surface area contributed by atoms with Gasteiger partial charge in [-0.2, -0.15) is 5.10 Å². The van der Waals surface area contributed by atoms with Gasteiger partial charge in [-0.05, 0) is 36.1 Å². The zero-order chi connectivity index (χ0) is 12.5. The summed E-state index contributed by atoms with van der Waals surface area (Å²) in [5.74, 6) is 0. The molecular formula is C14H16BrN3. The molecule has 1 heterocycles. The van der Waals surface area contributed by atoms with E-state index in [1.807, 2.05) is 17.9 Å². The van der Waals surface area contributed by atoms with Gasteiger partial charge in [0.1, 0.15) is 0 Å². The third-order valence-corrected chi connectivity index (χ3v) is 4.41. The molecule has 2 aromatic rings. The van der Waals surface area contributed by atoms with Crippen molar-refractivity contribution < 1.29 is 0 Å². The molecule has 0 radical (unpaired) electrons. The van der Waals surface area contributed by atoms with E-state index in [9.17, 15) is 0 Å². The first-order valence-corrected chi connectivity index (χ1v) is 7.02. The van der Waals surface area contributed by atoms with E-state index < -0.39 is 0 Å². The topological polar surface area (TPSA) is 29.9 Å². The molecule has 0 fully saturated rings. The number of rotatable bonds is 3. The maximum absolute atomic E-state index is 4.19. The lowest BCUT2D eigenvalue weighted by Gasteiger charge is -2.14. The zero-order valence-corrected chi connectivity index (χ0v) is 11.9. The number of benzene rings is 1. The molecule has 1 aliphatic rings. The summed E-state index contributed by atoms with van der Waals surface area (Å²) < 4.78 is 3.16. The van der Waals surface area contributed by atoms with E-state index in [1.54, 1.807) is 0 Å². The minimum Gasteiger partial charge on any atom is -0.304 e. The van der Waals surface area contributed by atoms with E-state index in [0.717, 1.165) is 13.0 Å². The molecule has 3 rings (SSSR count). The highest BCUT2D eigenvalue weighted by molar-refractivity contribution is 9.10. The molecule has 18 heavy (non-hydrogen) atoms. The fourth-order valence-corrected chi connectivity index (χ4v) is 3.20. The van der Waals surface area contributed by atoms with Gasteiger partial charge >= 0.3 is 0 Å². The van der Waals surface area contributed by atoms with Crippen molar-refractivity contribution in [2.45, 2.75) is 25.4 Å². The maximum atomic E-state index is 4.19. The van der Waals surface area contributed by atoms with Crippen molar-refractivity contribution in [3.05, 3.63) is 51.8 Å². The Balaban J connectivity index is 1.74. The van der Waals surface area contributed by atoms with Crippen molar-refractivity contribution in [1.82, 2.24) is 15.1 Å². The fraction of sp³-hybridized carbons (Fsp3) is 0.357. The minimum absolute atomic E-state index is 0.465. The molecule has 1 N–H and O–H groups in total. The normalized spacial score (nSPS) is 18.0. The molecule has 1 unspecified atom stereocenters. The molecule has 4 heteroatoms. The maximum Gasteiger partial charge on any atom is 0.0518 e. The van der Waals surface area contributed by atoms with Gasteiger partial charge in [0.05, 0.1) is 5.69 Å². The summed E-state index contributed by atoms with van der Waals surface area (Å²) >= 11 is 3.63. The molecule has 0 aliphatic heterocycles. The van der Waals surface area contributed by atoms with Crippen LogP contribution in [0.25, 0.3) is 0 Å². The summed E-state index contributed by atoms with van der Waals surface area (Å²) in [5.41, 5.74) is 4.12. The van der Waals surface area contributed by atoms with Crippen LogP contribution in [0.4, 0.5) is 0 Å². The van der Waals surface area contributed by atoms with Gasteiger partial charge in [0.2, 0.25) is 0 Å². The van der Waals surface area contributed by atoms with Gasteiger partial charge in [-0.15, -0.1) is 0 Å². The Hall–Kier alpha value is -1.13. The van der Waals surface area contributed by atoms with Crippen LogP contribution in [0.5, 0.6) is 0 Å². The number of hydrogen-bond donors (Lipinski definition) is 1. The van der Waals surface area contributed by atoms with Crippen molar-refractivity contribution in [3.63, 3.8) is 0 Å². The predicted octanol–water partition coefficient (Wildman–Crippen LogP) is 2.96. The summed E-state index contributed by atoms with van der Waals surface area (Å²) in [6.45, 7) is 0.868. The van der Waals surface area contributed by atoms with Crippen LogP contribution in [0.15, 0.2) is 34.9 Å². The van der Waals surface area contributed by atoms with Crippen LogP contribution in [0, 0.1) is 0 Å². The number of aromatic nitrogens is 2. The van der Waals surface area contributed by atoms with Crippen LogP contribution in [-0.4, -0.2) is 9.78 Å². The van der Waals surface area contributed by atoms with Crippen LogP contribution in [0.3, 0.4) is 0 Å². The first-order valence-electron chi connectivity index (χ1n) is 6.23. The Kier molecular flexibility index (Phi) is 3.22. The summed E-state index contributed by atoms with van der Waals surface area (Å²) in [5, 5.41) is 7.82. The smallest absolute Gasteiger partial charge is 0.0518 e. The third kappa shape index (κ3) is 2.10. The number of nitrogens with zero attached hydrogens (tertiary/aromatic N) is 2. The van der Waals surface area contributed by atoms with E-state index in [2.05, 4.69) is 50.6 Å². The van der Waals surface area contributed by atoms with Crippen molar-refractivity contribution in [3.8, 4) is 0 Å². The predicted molar refractivity (Wildman–Crippen MR) is 75.3 cm³/mol. The molecule has 94 valence electrons. The van der Waals surface area contributed by atoms with Crippen molar-refractivity contribution in [1.29, 1.82) is 0 Å². The number of fused-ring (bicyclic) bond motifs is 1. The standard InChI is InChI=1S/C14H16BrN3/c1-18-10(7-8-17-18)9-16-14-6-5-11-12(14)3-2-4-13(11)15/h2-4,7-8,14,16H,5-6,9H2,1H3. The number of aryl methyl sites for hydroxylation is 1. The zero-order valence-electron chi connectivity index (χ0n) is 10.4. The Morgan fingerprint density at radius 1 is 1.44 bits per heavy atom. The molecule has 0 saturated carbocycles. The molecule has 1 aliphatic carbocycles. The van der Waals surface area contributed by atoms with E-state index in [0.29, 0.717) is 6.04 Å². The molecule has 3 nitrogen and oxygen atoms in total. The summed E-state index contributed by atoms with van der Waals surface area (Å²) in [7, 11) is 1.98. The Morgan fingerprint density at radius 3 is 3.11 bits per heavy atom. The highest BCUT2D eigenvalue weighted by Crippen LogP contribution is 2.35. The Bertz CT molecular complexity index is 562. The summed E-state index contributed by atoms with van der Waals surface area (Å²) in [6, 6.07) is 9.00. The van der Waals surface area contributed by atoms with E-state index in [-0.39, 0.29) is 0 Å². The van der Waals surface area contributed by atoms with Gasteiger partial charge in [-0.25, -0.2) is 0 Å². The second-order valence-electron chi connectivity index (χ2n) is 4.73. The van der Waals surface area contributed by atoms with Gasteiger partial charge in [-0.3, -0.25) is 4.68 Å². The van der Waals surface area contributed by atoms with Crippen LogP contribution in [0.2, 0.25) is 0 Å². The molecular weight excluding hydrogens is 290 g/mol. The molecule has 1 aromatic carbocycles. The first kappa shape index (κ1) is 11.9. The second-order valence-corrected chi connectivity index (χ2v) is 5.58. The lowest BCUT2D eigenvalue weighted by Crippen LogP contribution is -2.20. The monoisotopic (exact) mass is 305 g/mol. The largest absolute Gasteiger partial charge is 0.304 e. The number of nitrogens with one attached hydrogen (secondary N) is 1. The SMILES string of the molecule is Cn1nccc1CNC1CCc2c(Br)cccc21. The third-order valence-electron chi connectivity index (χ3n) is 3.67. The van der Waals surface area contributed by atoms with Gasteiger partial charge in [0, 0.05) is 30.3 Å². The molecule has 1 aromatic heterocycles. The van der Waals surface area contributed by atoms with Crippen LogP contribution >= 0.6 is 15.9 Å². The fourth-order valence-electron chi connectivity index (χ4n) is 2.62.